The van der Waals surface area contributed by atoms with E-state index in [4.69, 9.17) is 0 Å². The van der Waals surface area contributed by atoms with Gasteiger partial charge in [-0.2, -0.15) is 0 Å². The maximum atomic E-state index is 12.9. The van der Waals surface area contributed by atoms with E-state index in [0.717, 1.165) is 41.4 Å². The van der Waals surface area contributed by atoms with Crippen molar-refractivity contribution in [2.45, 2.75) is 35.6 Å². The Kier molecular flexibility index (Phi) is 6.21. The van der Waals surface area contributed by atoms with E-state index in [1.807, 2.05) is 54.3 Å². The summed E-state index contributed by atoms with van der Waals surface area (Å²) in [6.45, 7) is 4.86. The first-order valence-electron chi connectivity index (χ1n) is 10.3. The van der Waals surface area contributed by atoms with Crippen molar-refractivity contribution in [1.29, 1.82) is 0 Å². The minimum atomic E-state index is -0.233. The van der Waals surface area contributed by atoms with Crippen molar-refractivity contribution in [2.24, 2.45) is 5.92 Å². The van der Waals surface area contributed by atoms with Gasteiger partial charge in [0.15, 0.2) is 0 Å². The summed E-state index contributed by atoms with van der Waals surface area (Å²) in [7, 11) is 0. The lowest BCUT2D eigenvalue weighted by atomic mass is 10.2. The number of rotatable bonds is 6. The van der Waals surface area contributed by atoms with Crippen molar-refractivity contribution in [3.63, 3.8) is 0 Å². The van der Waals surface area contributed by atoms with Crippen LogP contribution in [0.2, 0.25) is 0 Å². The van der Waals surface area contributed by atoms with Crippen molar-refractivity contribution in [1.82, 2.24) is 9.80 Å². The highest BCUT2D eigenvalue weighted by molar-refractivity contribution is 7.99. The van der Waals surface area contributed by atoms with Crippen LogP contribution in [0, 0.1) is 5.92 Å². The van der Waals surface area contributed by atoms with Crippen molar-refractivity contribution in [3.8, 4) is 0 Å². The number of hydrogen-bond donors (Lipinski definition) is 1. The summed E-state index contributed by atoms with van der Waals surface area (Å²) in [6, 6.07) is 17.8. The molecule has 1 heterocycles. The fraction of sp³-hybridized carbons (Fsp3) is 0.391. The van der Waals surface area contributed by atoms with Crippen molar-refractivity contribution >= 4 is 29.3 Å². The fourth-order valence-corrected chi connectivity index (χ4v) is 4.52. The second-order valence-electron chi connectivity index (χ2n) is 7.71. The molecule has 0 aromatic heterocycles. The number of nitrogens with one attached hydrogen (secondary N) is 1. The van der Waals surface area contributed by atoms with Crippen molar-refractivity contribution in [2.75, 3.05) is 31.5 Å². The second kappa shape index (κ2) is 9.01. The SMILES string of the molecule is CC(C(=O)Nc1ccccc1Sc1ccccc1)N1CCN(C(=O)C2CC2)CC1. The molecule has 1 N–H and O–H groups in total. The van der Waals surface area contributed by atoms with Gasteiger partial charge >= 0.3 is 0 Å². The summed E-state index contributed by atoms with van der Waals surface area (Å²) in [5.74, 6) is 0.558. The molecule has 2 amide bonds. The van der Waals surface area contributed by atoms with Crippen LogP contribution in [-0.2, 0) is 9.59 Å². The second-order valence-corrected chi connectivity index (χ2v) is 8.83. The third-order valence-electron chi connectivity index (χ3n) is 5.60. The highest BCUT2D eigenvalue weighted by atomic mass is 32.2. The van der Waals surface area contributed by atoms with Crippen molar-refractivity contribution in [3.05, 3.63) is 54.6 Å². The van der Waals surface area contributed by atoms with Crippen LogP contribution in [0.5, 0.6) is 0 Å². The summed E-state index contributed by atoms with van der Waals surface area (Å²) in [4.78, 5) is 31.4. The Labute approximate surface area is 176 Å². The van der Waals surface area contributed by atoms with Gasteiger partial charge in [0.05, 0.1) is 11.7 Å². The van der Waals surface area contributed by atoms with Gasteiger partial charge in [-0.3, -0.25) is 14.5 Å². The summed E-state index contributed by atoms with van der Waals surface area (Å²) in [5, 5.41) is 3.11. The van der Waals surface area contributed by atoms with Crippen molar-refractivity contribution < 1.29 is 9.59 Å². The maximum absolute atomic E-state index is 12.9. The number of para-hydroxylation sites is 1. The molecule has 152 valence electrons. The van der Waals surface area contributed by atoms with Gasteiger partial charge in [-0.1, -0.05) is 42.1 Å². The maximum Gasteiger partial charge on any atom is 0.241 e. The first-order chi connectivity index (χ1) is 14.1. The Balaban J connectivity index is 1.35. The number of piperazine rings is 1. The molecule has 1 atom stereocenters. The van der Waals surface area contributed by atoms with Gasteiger partial charge in [0, 0.05) is 41.9 Å². The van der Waals surface area contributed by atoms with Gasteiger partial charge in [0.25, 0.3) is 0 Å². The minimum Gasteiger partial charge on any atom is -0.340 e. The zero-order chi connectivity index (χ0) is 20.2. The first-order valence-corrected chi connectivity index (χ1v) is 11.1. The average molecular weight is 410 g/mol. The largest absolute Gasteiger partial charge is 0.340 e. The van der Waals surface area contributed by atoms with E-state index in [2.05, 4.69) is 22.3 Å². The average Bonchev–Trinajstić information content (AvgIpc) is 3.60. The quantitative estimate of drug-likeness (QED) is 0.790. The Morgan fingerprint density at radius 2 is 1.62 bits per heavy atom. The normalized spacial score (nSPS) is 18.3. The third kappa shape index (κ3) is 5.00. The molecule has 4 rings (SSSR count). The Morgan fingerprint density at radius 3 is 2.31 bits per heavy atom. The third-order valence-corrected chi connectivity index (χ3v) is 6.68. The highest BCUT2D eigenvalue weighted by Crippen LogP contribution is 2.33. The van der Waals surface area contributed by atoms with Gasteiger partial charge in [-0.05, 0) is 44.0 Å². The first kappa shape index (κ1) is 20.0. The smallest absolute Gasteiger partial charge is 0.241 e. The molecule has 2 aromatic carbocycles. The number of hydrogen-bond acceptors (Lipinski definition) is 4. The topological polar surface area (TPSA) is 52.7 Å². The van der Waals surface area contributed by atoms with E-state index < -0.39 is 0 Å². The molecule has 2 fully saturated rings. The van der Waals surface area contributed by atoms with Crippen LogP contribution in [0.3, 0.4) is 0 Å². The molecule has 1 aliphatic heterocycles. The van der Waals surface area contributed by atoms with Crippen LogP contribution in [0.1, 0.15) is 19.8 Å². The van der Waals surface area contributed by atoms with Gasteiger partial charge in [-0.25, -0.2) is 0 Å². The monoisotopic (exact) mass is 409 g/mol. The standard InChI is InChI=1S/C23H27N3O2S/c1-17(25-13-15-26(16-14-25)23(28)18-11-12-18)22(27)24-20-9-5-6-10-21(20)29-19-7-3-2-4-8-19/h2-10,17-18H,11-16H2,1H3,(H,24,27). The molecule has 2 aliphatic rings. The van der Waals surface area contributed by atoms with Crippen LogP contribution in [-0.4, -0.2) is 53.8 Å². The molecule has 1 saturated heterocycles. The van der Waals surface area contributed by atoms with E-state index in [9.17, 15) is 9.59 Å². The van der Waals surface area contributed by atoms with E-state index >= 15 is 0 Å². The van der Waals surface area contributed by atoms with E-state index in [-0.39, 0.29) is 17.9 Å². The Hall–Kier alpha value is -2.31. The van der Waals surface area contributed by atoms with Gasteiger partial charge < -0.3 is 10.2 Å². The molecule has 5 nitrogen and oxygen atoms in total. The zero-order valence-electron chi connectivity index (χ0n) is 16.7. The van der Waals surface area contributed by atoms with Gasteiger partial charge in [-0.15, -0.1) is 0 Å². The number of benzene rings is 2. The highest BCUT2D eigenvalue weighted by Gasteiger charge is 2.35. The van der Waals surface area contributed by atoms with Crippen LogP contribution >= 0.6 is 11.8 Å². The predicted molar refractivity (Wildman–Crippen MR) is 116 cm³/mol. The minimum absolute atomic E-state index is 0.00641. The lowest BCUT2D eigenvalue weighted by Crippen LogP contribution is -2.54. The molecule has 29 heavy (non-hydrogen) atoms. The molecular weight excluding hydrogens is 382 g/mol. The molecular formula is C23H27N3O2S. The summed E-state index contributed by atoms with van der Waals surface area (Å²) in [5.41, 5.74) is 0.834. The van der Waals surface area contributed by atoms with Crippen LogP contribution < -0.4 is 5.32 Å². The van der Waals surface area contributed by atoms with Gasteiger partial charge in [0.1, 0.15) is 0 Å². The summed E-state index contributed by atoms with van der Waals surface area (Å²) >= 11 is 1.64. The number of nitrogens with zero attached hydrogens (tertiary/aromatic N) is 2. The van der Waals surface area contributed by atoms with Crippen LogP contribution in [0.4, 0.5) is 5.69 Å². The van der Waals surface area contributed by atoms with Crippen LogP contribution in [0.25, 0.3) is 0 Å². The Morgan fingerprint density at radius 1 is 0.966 bits per heavy atom. The molecule has 0 bridgehead atoms. The Bertz CT molecular complexity index is 861. The molecule has 1 unspecified atom stereocenters. The number of carbonyl (C=O) groups is 2. The number of anilines is 1. The molecule has 0 radical (unpaired) electrons. The van der Waals surface area contributed by atoms with E-state index in [1.54, 1.807) is 11.8 Å². The van der Waals surface area contributed by atoms with Crippen LogP contribution in [0.15, 0.2) is 64.4 Å². The lowest BCUT2D eigenvalue weighted by molar-refractivity contribution is -0.135. The summed E-state index contributed by atoms with van der Waals surface area (Å²) in [6.07, 6.45) is 2.08. The van der Waals surface area contributed by atoms with E-state index in [0.29, 0.717) is 19.0 Å². The molecule has 0 spiro atoms. The summed E-state index contributed by atoms with van der Waals surface area (Å²) < 4.78 is 0. The fourth-order valence-electron chi connectivity index (χ4n) is 3.60. The number of amides is 2. The lowest BCUT2D eigenvalue weighted by Gasteiger charge is -2.37. The zero-order valence-corrected chi connectivity index (χ0v) is 17.5. The predicted octanol–water partition coefficient (Wildman–Crippen LogP) is 3.72. The van der Waals surface area contributed by atoms with Gasteiger partial charge in [0.2, 0.25) is 11.8 Å². The molecule has 2 aromatic rings. The molecule has 1 saturated carbocycles. The molecule has 6 heteroatoms. The number of carbonyl (C=O) groups excluding carboxylic acids is 2. The molecule has 1 aliphatic carbocycles. The van der Waals surface area contributed by atoms with E-state index in [1.165, 1.54) is 0 Å².